The van der Waals surface area contributed by atoms with Crippen LogP contribution in [0, 0.1) is 5.41 Å². The van der Waals surface area contributed by atoms with Crippen molar-refractivity contribution in [3.05, 3.63) is 35.4 Å². The van der Waals surface area contributed by atoms with Crippen LogP contribution in [0.5, 0.6) is 0 Å². The summed E-state index contributed by atoms with van der Waals surface area (Å²) in [6, 6.07) is 8.23. The zero-order chi connectivity index (χ0) is 10.0. The third-order valence-corrected chi connectivity index (χ3v) is 2.89. The smallest absolute Gasteiger partial charge is 0.129 e. The van der Waals surface area contributed by atoms with Gasteiger partial charge in [-0.05, 0) is 24.0 Å². The fourth-order valence-corrected chi connectivity index (χ4v) is 2.23. The molecule has 0 spiro atoms. The Kier molecular flexibility index (Phi) is 2.38. The highest BCUT2D eigenvalue weighted by molar-refractivity contribution is 5.64. The van der Waals surface area contributed by atoms with Crippen molar-refractivity contribution in [1.82, 2.24) is 0 Å². The van der Waals surface area contributed by atoms with Crippen molar-refractivity contribution >= 4 is 6.29 Å². The zero-order valence-electron chi connectivity index (χ0n) is 8.32. The van der Waals surface area contributed by atoms with Crippen LogP contribution in [0.15, 0.2) is 24.3 Å². The van der Waals surface area contributed by atoms with Crippen LogP contribution in [-0.2, 0) is 22.4 Å². The first kappa shape index (κ1) is 9.41. The first-order chi connectivity index (χ1) is 6.79. The van der Waals surface area contributed by atoms with Gasteiger partial charge in [-0.25, -0.2) is 0 Å². The molecule has 74 valence electrons. The summed E-state index contributed by atoms with van der Waals surface area (Å²) < 4.78 is 5.12. The molecule has 0 amide bonds. The van der Waals surface area contributed by atoms with E-state index >= 15 is 0 Å². The molecule has 0 unspecified atom stereocenters. The SMILES string of the molecule is COCC1(C=O)Cc2ccccc2C1. The average Bonchev–Trinajstić information content (AvgIpc) is 2.57. The highest BCUT2D eigenvalue weighted by Gasteiger charge is 2.36. The second-order valence-corrected chi connectivity index (χ2v) is 4.04. The number of rotatable bonds is 3. The van der Waals surface area contributed by atoms with E-state index in [0.717, 1.165) is 19.1 Å². The van der Waals surface area contributed by atoms with Gasteiger partial charge in [0.1, 0.15) is 6.29 Å². The summed E-state index contributed by atoms with van der Waals surface area (Å²) in [5.74, 6) is 0. The molecule has 0 aromatic heterocycles. The second kappa shape index (κ2) is 3.54. The van der Waals surface area contributed by atoms with Crippen molar-refractivity contribution in [2.45, 2.75) is 12.8 Å². The number of benzene rings is 1. The van der Waals surface area contributed by atoms with Crippen LogP contribution in [0.25, 0.3) is 0 Å². The van der Waals surface area contributed by atoms with E-state index in [1.807, 2.05) is 12.1 Å². The van der Waals surface area contributed by atoms with E-state index < -0.39 is 0 Å². The van der Waals surface area contributed by atoms with Gasteiger partial charge in [-0.1, -0.05) is 24.3 Å². The van der Waals surface area contributed by atoms with Gasteiger partial charge in [-0.3, -0.25) is 0 Å². The molecule has 14 heavy (non-hydrogen) atoms. The summed E-state index contributed by atoms with van der Waals surface area (Å²) in [6.07, 6.45) is 2.69. The van der Waals surface area contributed by atoms with Gasteiger partial charge in [-0.15, -0.1) is 0 Å². The quantitative estimate of drug-likeness (QED) is 0.677. The van der Waals surface area contributed by atoms with Crippen LogP contribution in [0.2, 0.25) is 0 Å². The molecule has 0 aliphatic heterocycles. The van der Waals surface area contributed by atoms with Crippen LogP contribution in [-0.4, -0.2) is 20.0 Å². The Balaban J connectivity index is 2.27. The van der Waals surface area contributed by atoms with Gasteiger partial charge in [0.05, 0.1) is 12.0 Å². The van der Waals surface area contributed by atoms with Crippen LogP contribution >= 0.6 is 0 Å². The Morgan fingerprint density at radius 2 is 1.93 bits per heavy atom. The van der Waals surface area contributed by atoms with Crippen LogP contribution < -0.4 is 0 Å². The van der Waals surface area contributed by atoms with E-state index in [2.05, 4.69) is 12.1 Å². The first-order valence-corrected chi connectivity index (χ1v) is 4.82. The molecule has 0 heterocycles. The molecule has 0 bridgehead atoms. The Labute approximate surface area is 83.9 Å². The molecule has 1 aliphatic carbocycles. The predicted octanol–water partition coefficient (Wildman–Crippen LogP) is 1.62. The predicted molar refractivity (Wildman–Crippen MR) is 54.2 cm³/mol. The van der Waals surface area contributed by atoms with E-state index in [-0.39, 0.29) is 5.41 Å². The fraction of sp³-hybridized carbons (Fsp3) is 0.417. The number of methoxy groups -OCH3 is 1. The number of ether oxygens (including phenoxy) is 1. The van der Waals surface area contributed by atoms with Crippen LogP contribution in [0.1, 0.15) is 11.1 Å². The van der Waals surface area contributed by atoms with Gasteiger partial charge >= 0.3 is 0 Å². The minimum absolute atomic E-state index is 0.307. The lowest BCUT2D eigenvalue weighted by Gasteiger charge is -2.19. The zero-order valence-corrected chi connectivity index (χ0v) is 8.32. The van der Waals surface area contributed by atoms with Crippen molar-refractivity contribution in [3.63, 3.8) is 0 Å². The molecule has 1 aromatic carbocycles. The van der Waals surface area contributed by atoms with Gasteiger partial charge in [0.2, 0.25) is 0 Å². The van der Waals surface area contributed by atoms with E-state index in [0.29, 0.717) is 6.61 Å². The van der Waals surface area contributed by atoms with Crippen molar-refractivity contribution in [2.24, 2.45) is 5.41 Å². The lowest BCUT2D eigenvalue weighted by molar-refractivity contribution is -0.118. The summed E-state index contributed by atoms with van der Waals surface area (Å²) in [4.78, 5) is 11.1. The summed E-state index contributed by atoms with van der Waals surface area (Å²) >= 11 is 0. The van der Waals surface area contributed by atoms with Crippen molar-refractivity contribution in [3.8, 4) is 0 Å². The lowest BCUT2D eigenvalue weighted by Crippen LogP contribution is -2.28. The van der Waals surface area contributed by atoms with E-state index in [1.165, 1.54) is 11.1 Å². The molecule has 2 rings (SSSR count). The van der Waals surface area contributed by atoms with Crippen LogP contribution in [0.4, 0.5) is 0 Å². The number of carbonyl (C=O) groups excluding carboxylic acids is 1. The Hall–Kier alpha value is -1.15. The van der Waals surface area contributed by atoms with E-state index in [9.17, 15) is 4.79 Å². The average molecular weight is 190 g/mol. The summed E-state index contributed by atoms with van der Waals surface area (Å²) in [6.45, 7) is 0.519. The molecule has 1 aromatic rings. The topological polar surface area (TPSA) is 26.3 Å². The highest BCUT2D eigenvalue weighted by Crippen LogP contribution is 2.35. The maximum absolute atomic E-state index is 11.1. The minimum Gasteiger partial charge on any atom is -0.384 e. The molecule has 0 fully saturated rings. The van der Waals surface area contributed by atoms with Crippen molar-refractivity contribution < 1.29 is 9.53 Å². The molecular weight excluding hydrogens is 176 g/mol. The Morgan fingerprint density at radius 3 is 2.36 bits per heavy atom. The minimum atomic E-state index is -0.307. The molecule has 0 radical (unpaired) electrons. The van der Waals surface area contributed by atoms with E-state index in [4.69, 9.17) is 4.74 Å². The molecule has 0 saturated carbocycles. The second-order valence-electron chi connectivity index (χ2n) is 4.04. The van der Waals surface area contributed by atoms with Crippen molar-refractivity contribution in [2.75, 3.05) is 13.7 Å². The lowest BCUT2D eigenvalue weighted by atomic mass is 9.88. The normalized spacial score (nSPS) is 17.8. The Bertz CT molecular complexity index is 319. The third-order valence-electron chi connectivity index (χ3n) is 2.89. The summed E-state index contributed by atoms with van der Waals surface area (Å²) in [5.41, 5.74) is 2.27. The van der Waals surface area contributed by atoms with Gasteiger partial charge in [0, 0.05) is 7.11 Å². The third kappa shape index (κ3) is 1.46. The molecule has 2 heteroatoms. The number of hydrogen-bond donors (Lipinski definition) is 0. The van der Waals surface area contributed by atoms with Crippen LogP contribution in [0.3, 0.4) is 0 Å². The standard InChI is InChI=1S/C12H14O2/c1-14-9-12(8-13)6-10-4-2-3-5-11(10)7-12/h2-5,8H,6-7,9H2,1H3. The van der Waals surface area contributed by atoms with Gasteiger partial charge in [0.25, 0.3) is 0 Å². The van der Waals surface area contributed by atoms with Crippen molar-refractivity contribution in [1.29, 1.82) is 0 Å². The molecular formula is C12H14O2. The maximum Gasteiger partial charge on any atom is 0.129 e. The number of aldehydes is 1. The largest absolute Gasteiger partial charge is 0.384 e. The first-order valence-electron chi connectivity index (χ1n) is 4.82. The molecule has 0 N–H and O–H groups in total. The summed E-state index contributed by atoms with van der Waals surface area (Å²) in [7, 11) is 1.65. The van der Waals surface area contributed by atoms with Gasteiger partial charge < -0.3 is 9.53 Å². The number of hydrogen-bond acceptors (Lipinski definition) is 2. The molecule has 1 aliphatic rings. The summed E-state index contributed by atoms with van der Waals surface area (Å²) in [5, 5.41) is 0. The Morgan fingerprint density at radius 1 is 1.36 bits per heavy atom. The molecule has 0 saturated heterocycles. The highest BCUT2D eigenvalue weighted by atomic mass is 16.5. The van der Waals surface area contributed by atoms with Gasteiger partial charge in [-0.2, -0.15) is 0 Å². The van der Waals surface area contributed by atoms with Gasteiger partial charge in [0.15, 0.2) is 0 Å². The maximum atomic E-state index is 11.1. The monoisotopic (exact) mass is 190 g/mol. The number of fused-ring (bicyclic) bond motifs is 1. The fourth-order valence-electron chi connectivity index (χ4n) is 2.23. The molecule has 2 nitrogen and oxygen atoms in total. The number of carbonyl (C=O) groups is 1. The van der Waals surface area contributed by atoms with E-state index in [1.54, 1.807) is 7.11 Å². The molecule has 0 atom stereocenters.